The number of alkyl halides is 3. The number of esters is 1. The largest absolute Gasteiger partial charge is 0.573 e. The van der Waals surface area contributed by atoms with Gasteiger partial charge < -0.3 is 35.7 Å². The minimum atomic E-state index is -4.94. The quantitative estimate of drug-likeness (QED) is 0.0680. The maximum atomic E-state index is 14.3. The van der Waals surface area contributed by atoms with Crippen molar-refractivity contribution < 1.29 is 46.6 Å². The molecule has 6 aromatic rings. The maximum absolute atomic E-state index is 14.3. The van der Waals surface area contributed by atoms with Gasteiger partial charge in [-0.1, -0.05) is 59.3 Å². The molecule has 20 heteroatoms. The van der Waals surface area contributed by atoms with Gasteiger partial charge in [0.2, 0.25) is 17.7 Å². The van der Waals surface area contributed by atoms with Crippen molar-refractivity contribution in [2.75, 3.05) is 11.9 Å². The molecule has 0 unspecified atom stereocenters. The van der Waals surface area contributed by atoms with E-state index in [4.69, 9.17) is 16.3 Å². The van der Waals surface area contributed by atoms with Gasteiger partial charge in [0, 0.05) is 40.9 Å². The van der Waals surface area contributed by atoms with E-state index < -0.39 is 59.8 Å². The summed E-state index contributed by atoms with van der Waals surface area (Å²) in [6.07, 6.45) is -5.87. The van der Waals surface area contributed by atoms with Crippen LogP contribution in [0.2, 0.25) is 5.02 Å². The smallest absolute Gasteiger partial charge is 0.466 e. The molecule has 2 aromatic heterocycles. The Morgan fingerprint density at radius 2 is 1.50 bits per heavy atom. The number of anilines is 1. The molecular weight excluding hydrogens is 811 g/mol. The fourth-order valence-corrected chi connectivity index (χ4v) is 6.39. The minimum Gasteiger partial charge on any atom is -0.466 e. The van der Waals surface area contributed by atoms with Crippen molar-refractivity contribution in [2.24, 2.45) is 0 Å². The van der Waals surface area contributed by atoms with Crippen molar-refractivity contribution >= 4 is 68.6 Å². The first-order valence-electron chi connectivity index (χ1n) is 18.4. The Morgan fingerprint density at radius 1 is 0.783 bits per heavy atom. The molecule has 0 saturated heterocycles. The minimum absolute atomic E-state index is 0.0102. The van der Waals surface area contributed by atoms with Crippen LogP contribution in [0.25, 0.3) is 21.7 Å². The number of nitrogens with one attached hydrogen (secondary N) is 6. The van der Waals surface area contributed by atoms with E-state index in [-0.39, 0.29) is 49.5 Å². The number of H-pyrrole nitrogens is 2. The number of nitrogens with zero attached hydrogens (tertiary/aromatic N) is 3. The molecular formula is C40H37ClF3N9O7. The molecule has 0 saturated carbocycles. The number of halogens is 4. The number of hydrogen-bond acceptors (Lipinski definition) is 10. The summed E-state index contributed by atoms with van der Waals surface area (Å²) in [6.45, 7) is 1.64. The Morgan fingerprint density at radius 3 is 2.20 bits per heavy atom. The molecule has 312 valence electrons. The van der Waals surface area contributed by atoms with Gasteiger partial charge in [0.25, 0.3) is 5.91 Å². The van der Waals surface area contributed by atoms with Gasteiger partial charge in [0.05, 0.1) is 6.61 Å². The van der Waals surface area contributed by atoms with Crippen molar-refractivity contribution in [1.82, 2.24) is 41.6 Å². The van der Waals surface area contributed by atoms with Crippen LogP contribution in [0.3, 0.4) is 0 Å². The molecule has 6 rings (SSSR count). The van der Waals surface area contributed by atoms with Gasteiger partial charge in [-0.15, -0.1) is 23.4 Å². The first-order valence-corrected chi connectivity index (χ1v) is 18.8. The van der Waals surface area contributed by atoms with Gasteiger partial charge in [-0.3, -0.25) is 24.0 Å². The number of aromatic nitrogens is 5. The molecule has 0 spiro atoms. The third-order valence-corrected chi connectivity index (χ3v) is 9.28. The number of rotatable bonds is 17. The molecule has 0 bridgehead atoms. The van der Waals surface area contributed by atoms with E-state index >= 15 is 0 Å². The highest BCUT2D eigenvalue weighted by Crippen LogP contribution is 2.25. The van der Waals surface area contributed by atoms with E-state index in [0.717, 1.165) is 35.0 Å². The van der Waals surface area contributed by atoms with Gasteiger partial charge in [0.15, 0.2) is 5.82 Å². The third kappa shape index (κ3) is 11.8. The summed E-state index contributed by atoms with van der Waals surface area (Å²) >= 11 is 6.15. The topological polar surface area (TPSA) is 222 Å². The Bertz CT molecular complexity index is 2480. The van der Waals surface area contributed by atoms with Crippen molar-refractivity contribution in [1.29, 1.82) is 0 Å². The van der Waals surface area contributed by atoms with E-state index in [1.807, 2.05) is 42.5 Å². The van der Waals surface area contributed by atoms with Crippen LogP contribution in [-0.2, 0) is 36.8 Å². The molecule has 16 nitrogen and oxygen atoms in total. The predicted octanol–water partition coefficient (Wildman–Crippen LogP) is 4.92. The van der Waals surface area contributed by atoms with Crippen LogP contribution in [0.5, 0.6) is 5.75 Å². The van der Waals surface area contributed by atoms with Gasteiger partial charge >= 0.3 is 12.3 Å². The molecule has 4 amide bonds. The highest BCUT2D eigenvalue weighted by molar-refractivity contribution is 6.31. The molecule has 0 fully saturated rings. The van der Waals surface area contributed by atoms with Crippen molar-refractivity contribution in [3.63, 3.8) is 0 Å². The van der Waals surface area contributed by atoms with Crippen LogP contribution < -0.4 is 26.0 Å². The zero-order valence-electron chi connectivity index (χ0n) is 31.6. The molecule has 4 aromatic carbocycles. The summed E-state index contributed by atoms with van der Waals surface area (Å²) < 4.78 is 46.9. The molecule has 0 aliphatic carbocycles. The fourth-order valence-electron chi connectivity index (χ4n) is 6.21. The molecule has 2 heterocycles. The second-order valence-corrected chi connectivity index (χ2v) is 13.8. The third-order valence-electron chi connectivity index (χ3n) is 9.04. The first kappa shape index (κ1) is 42.6. The van der Waals surface area contributed by atoms with E-state index in [2.05, 4.69) is 51.6 Å². The lowest BCUT2D eigenvalue weighted by molar-refractivity contribution is -0.274. The van der Waals surface area contributed by atoms with Gasteiger partial charge in [-0.2, -0.15) is 5.21 Å². The summed E-state index contributed by atoms with van der Waals surface area (Å²) in [5, 5.41) is 27.0. The van der Waals surface area contributed by atoms with Gasteiger partial charge in [-0.25, -0.2) is 0 Å². The van der Waals surface area contributed by atoms with Crippen LogP contribution in [0, 0.1) is 0 Å². The lowest BCUT2D eigenvalue weighted by atomic mass is 10.0. The van der Waals surface area contributed by atoms with Crippen LogP contribution in [0.4, 0.5) is 18.9 Å². The standard InChI is InChI=1S/C40H37ClF3N9O7/c1-2-59-35(54)16-15-30(36(55)45-27-10-12-28(13-11-27)60-40(42,43)44)47-39(58)33(21-34-50-52-53-51-34)49-37(56)31(18-22-7-8-23-5-3-4-6-24(23)17-22)48-38(57)32-20-25-19-26(41)9-14-29(25)46-32/h3-14,17,19-20,30-31,33,46H,2,15-16,18,21H2,1H3,(H,45,55)(H,47,58)(H,48,57)(H,49,56)(H,50,51,52,53)/t30-,31-,33-/m0/s1. The monoisotopic (exact) mass is 847 g/mol. The number of carbonyl (C=O) groups excluding carboxylic acids is 5. The second kappa shape index (κ2) is 19.2. The SMILES string of the molecule is CCOC(=O)CC[C@H](NC(=O)[C@H](Cc1nn[nH]n1)NC(=O)[C@H](Cc1ccc2ccccc2c1)NC(=O)c1cc2cc(Cl)ccc2[nH]1)C(=O)Nc1ccc(OC(F)(F)F)cc1. The van der Waals surface area contributed by atoms with E-state index in [1.165, 1.54) is 0 Å². The summed E-state index contributed by atoms with van der Waals surface area (Å²) in [5.41, 5.74) is 1.51. The summed E-state index contributed by atoms with van der Waals surface area (Å²) in [4.78, 5) is 71.0. The summed E-state index contributed by atoms with van der Waals surface area (Å²) in [7, 11) is 0. The normalized spacial score (nSPS) is 12.9. The lowest BCUT2D eigenvalue weighted by Crippen LogP contribution is -2.57. The number of aromatic amines is 2. The second-order valence-electron chi connectivity index (χ2n) is 13.4. The zero-order chi connectivity index (χ0) is 42.8. The molecule has 3 atom stereocenters. The number of benzene rings is 4. The van der Waals surface area contributed by atoms with Crippen LogP contribution >= 0.6 is 11.6 Å². The number of hydrogen-bond donors (Lipinski definition) is 6. The average Bonchev–Trinajstić information content (AvgIpc) is 3.89. The summed E-state index contributed by atoms with van der Waals surface area (Å²) in [6, 6.07) is 19.9. The average molecular weight is 848 g/mol. The van der Waals surface area contributed by atoms with Crippen molar-refractivity contribution in [3.05, 3.63) is 113 Å². The molecule has 0 radical (unpaired) electrons. The highest BCUT2D eigenvalue weighted by atomic mass is 35.5. The van der Waals surface area contributed by atoms with Gasteiger partial charge in [-0.05, 0) is 78.2 Å². The summed E-state index contributed by atoms with van der Waals surface area (Å²) in [5.74, 6) is -4.36. The molecule has 6 N–H and O–H groups in total. The zero-order valence-corrected chi connectivity index (χ0v) is 32.4. The number of carbonyl (C=O) groups is 5. The highest BCUT2D eigenvalue weighted by Gasteiger charge is 2.33. The number of ether oxygens (including phenoxy) is 2. The first-order chi connectivity index (χ1) is 28.7. The Kier molecular flexibility index (Phi) is 13.6. The van der Waals surface area contributed by atoms with E-state index in [1.54, 1.807) is 31.2 Å². The van der Waals surface area contributed by atoms with E-state index in [0.29, 0.717) is 21.5 Å². The molecule has 0 aliphatic heterocycles. The van der Waals surface area contributed by atoms with Crippen molar-refractivity contribution in [3.8, 4) is 5.75 Å². The molecule has 0 aliphatic rings. The van der Waals surface area contributed by atoms with Crippen LogP contribution in [-0.4, -0.2) is 86.3 Å². The number of amides is 4. The van der Waals surface area contributed by atoms with Crippen molar-refractivity contribution in [2.45, 2.75) is 57.1 Å². The fraction of sp³-hybridized carbons (Fsp3) is 0.250. The Labute approximate surface area is 343 Å². The number of tetrazole rings is 1. The van der Waals surface area contributed by atoms with Gasteiger partial charge in [0.1, 0.15) is 29.6 Å². The predicted molar refractivity (Wildman–Crippen MR) is 212 cm³/mol. The Hall–Kier alpha value is -7.02. The van der Waals surface area contributed by atoms with Crippen LogP contribution in [0.1, 0.15) is 41.6 Å². The number of fused-ring (bicyclic) bond motifs is 2. The van der Waals surface area contributed by atoms with Crippen LogP contribution in [0.15, 0.2) is 91.0 Å². The maximum Gasteiger partial charge on any atom is 0.573 e. The Balaban J connectivity index is 1.25. The van der Waals surface area contributed by atoms with E-state index in [9.17, 15) is 37.1 Å². The lowest BCUT2D eigenvalue weighted by Gasteiger charge is -2.25. The molecule has 60 heavy (non-hydrogen) atoms.